The Balaban J connectivity index is 2.24. The Bertz CT molecular complexity index is 467. The van der Waals surface area contributed by atoms with Crippen molar-refractivity contribution in [3.05, 3.63) is 41.4 Å². The summed E-state index contributed by atoms with van der Waals surface area (Å²) in [4.78, 5) is 7.88. The van der Waals surface area contributed by atoms with Crippen molar-refractivity contribution in [2.75, 3.05) is 11.4 Å². The molecule has 0 amide bonds. The Hall–Kier alpha value is -1.39. The second kappa shape index (κ2) is 6.52. The first-order chi connectivity index (χ1) is 8.85. The topological polar surface area (TPSA) is 42.2 Å². The molecule has 2 N–H and O–H groups in total. The molecule has 0 aliphatic heterocycles. The Morgan fingerprint density at radius 3 is 2.67 bits per heavy atom. The molecule has 1 aromatic carbocycles. The smallest absolute Gasteiger partial charge is 0.190 e. The van der Waals surface area contributed by atoms with Crippen LogP contribution in [0.4, 0.5) is 10.8 Å². The van der Waals surface area contributed by atoms with Gasteiger partial charge in [-0.15, -0.1) is 11.3 Å². The minimum Gasteiger partial charge on any atom is -0.326 e. The first kappa shape index (κ1) is 13.1. The third-order valence-electron chi connectivity index (χ3n) is 2.78. The summed E-state index contributed by atoms with van der Waals surface area (Å²) >= 11 is 1.68. The van der Waals surface area contributed by atoms with Gasteiger partial charge >= 0.3 is 0 Å². The molecular weight excluding hydrogens is 242 g/mol. The number of para-hydroxylation sites is 1. The van der Waals surface area contributed by atoms with E-state index in [1.807, 2.05) is 12.3 Å². The van der Waals surface area contributed by atoms with Crippen molar-refractivity contribution < 1.29 is 0 Å². The molecule has 0 aliphatic carbocycles. The van der Waals surface area contributed by atoms with Crippen LogP contribution in [0.2, 0.25) is 0 Å². The fraction of sp³-hybridized carbons (Fsp3) is 0.357. The first-order valence-electron chi connectivity index (χ1n) is 6.32. The van der Waals surface area contributed by atoms with E-state index in [0.717, 1.165) is 23.0 Å². The molecule has 1 heterocycles. The van der Waals surface area contributed by atoms with E-state index in [1.54, 1.807) is 11.3 Å². The minimum atomic E-state index is 0.564. The summed E-state index contributed by atoms with van der Waals surface area (Å²) in [7, 11) is 0. The molecule has 2 rings (SSSR count). The standard InChI is InChI=1S/C14H19N3S/c1-2-3-9-17(12-7-5-4-6-8-12)14-16-11-13(10-15)18-14/h4-8,11H,2-3,9-10,15H2,1H3. The maximum Gasteiger partial charge on any atom is 0.190 e. The van der Waals surface area contributed by atoms with Gasteiger partial charge in [0, 0.05) is 29.9 Å². The normalized spacial score (nSPS) is 10.6. The lowest BCUT2D eigenvalue weighted by Crippen LogP contribution is -2.17. The minimum absolute atomic E-state index is 0.564. The first-order valence-corrected chi connectivity index (χ1v) is 7.14. The zero-order chi connectivity index (χ0) is 12.8. The third kappa shape index (κ3) is 3.09. The van der Waals surface area contributed by atoms with Gasteiger partial charge in [0.25, 0.3) is 0 Å². The van der Waals surface area contributed by atoms with E-state index in [2.05, 4.69) is 41.1 Å². The summed E-state index contributed by atoms with van der Waals surface area (Å²) in [6, 6.07) is 10.4. The number of unbranched alkanes of at least 4 members (excludes halogenated alkanes) is 1. The van der Waals surface area contributed by atoms with Crippen molar-refractivity contribution in [2.45, 2.75) is 26.3 Å². The number of nitrogens with zero attached hydrogens (tertiary/aromatic N) is 2. The predicted octanol–water partition coefficient (Wildman–Crippen LogP) is 3.54. The van der Waals surface area contributed by atoms with E-state index >= 15 is 0 Å². The molecule has 0 aliphatic rings. The quantitative estimate of drug-likeness (QED) is 0.864. The lowest BCUT2D eigenvalue weighted by molar-refractivity contribution is 0.784. The number of hydrogen-bond acceptors (Lipinski definition) is 4. The summed E-state index contributed by atoms with van der Waals surface area (Å²) in [6.07, 6.45) is 4.22. The Labute approximate surface area is 112 Å². The monoisotopic (exact) mass is 261 g/mol. The van der Waals surface area contributed by atoms with Gasteiger partial charge in [0.2, 0.25) is 0 Å². The van der Waals surface area contributed by atoms with Gasteiger partial charge < -0.3 is 10.6 Å². The number of benzene rings is 1. The summed E-state index contributed by atoms with van der Waals surface area (Å²) in [5.74, 6) is 0. The van der Waals surface area contributed by atoms with E-state index in [4.69, 9.17) is 5.73 Å². The van der Waals surface area contributed by atoms with Crippen LogP contribution in [0.15, 0.2) is 36.5 Å². The van der Waals surface area contributed by atoms with Crippen LogP contribution in [0.5, 0.6) is 0 Å². The average molecular weight is 261 g/mol. The third-order valence-corrected chi connectivity index (χ3v) is 3.82. The summed E-state index contributed by atoms with van der Waals surface area (Å²) in [5, 5.41) is 1.04. The van der Waals surface area contributed by atoms with Gasteiger partial charge in [-0.05, 0) is 18.6 Å². The van der Waals surface area contributed by atoms with Gasteiger partial charge in [-0.2, -0.15) is 0 Å². The molecule has 1 aromatic heterocycles. The summed E-state index contributed by atoms with van der Waals surface area (Å²) in [6.45, 7) is 3.77. The molecule has 2 aromatic rings. The highest BCUT2D eigenvalue weighted by Crippen LogP contribution is 2.29. The van der Waals surface area contributed by atoms with Crippen LogP contribution < -0.4 is 10.6 Å². The zero-order valence-electron chi connectivity index (χ0n) is 10.7. The highest BCUT2D eigenvalue weighted by molar-refractivity contribution is 7.15. The molecule has 0 bridgehead atoms. The molecule has 0 atom stereocenters. The van der Waals surface area contributed by atoms with Crippen molar-refractivity contribution in [3.63, 3.8) is 0 Å². The molecule has 0 unspecified atom stereocenters. The zero-order valence-corrected chi connectivity index (χ0v) is 11.5. The van der Waals surface area contributed by atoms with Crippen LogP contribution in [0.25, 0.3) is 0 Å². The predicted molar refractivity (Wildman–Crippen MR) is 78.4 cm³/mol. The lowest BCUT2D eigenvalue weighted by atomic mass is 10.2. The maximum absolute atomic E-state index is 5.65. The van der Waals surface area contributed by atoms with Gasteiger partial charge in [-0.1, -0.05) is 31.5 Å². The number of thiazole rings is 1. The maximum atomic E-state index is 5.65. The van der Waals surface area contributed by atoms with E-state index in [0.29, 0.717) is 6.54 Å². The number of anilines is 2. The SMILES string of the molecule is CCCCN(c1ccccc1)c1ncc(CN)s1. The van der Waals surface area contributed by atoms with Gasteiger partial charge in [-0.3, -0.25) is 0 Å². The number of aromatic nitrogens is 1. The van der Waals surface area contributed by atoms with E-state index in [1.165, 1.54) is 12.1 Å². The van der Waals surface area contributed by atoms with E-state index < -0.39 is 0 Å². The van der Waals surface area contributed by atoms with Crippen LogP contribution in [0.1, 0.15) is 24.6 Å². The fourth-order valence-electron chi connectivity index (χ4n) is 1.78. The molecule has 0 fully saturated rings. The van der Waals surface area contributed by atoms with Gasteiger partial charge in [0.15, 0.2) is 5.13 Å². The number of rotatable bonds is 6. The fourth-order valence-corrected chi connectivity index (χ4v) is 2.61. The number of hydrogen-bond donors (Lipinski definition) is 1. The van der Waals surface area contributed by atoms with E-state index in [-0.39, 0.29) is 0 Å². The summed E-state index contributed by atoms with van der Waals surface area (Å²) in [5.41, 5.74) is 6.85. The van der Waals surface area contributed by atoms with Crippen LogP contribution in [-0.2, 0) is 6.54 Å². The molecule has 3 nitrogen and oxygen atoms in total. The second-order valence-electron chi connectivity index (χ2n) is 4.15. The van der Waals surface area contributed by atoms with Crippen molar-refractivity contribution in [1.29, 1.82) is 0 Å². The van der Waals surface area contributed by atoms with Crippen molar-refractivity contribution in [1.82, 2.24) is 4.98 Å². The molecule has 0 saturated carbocycles. The van der Waals surface area contributed by atoms with Gasteiger partial charge in [0.1, 0.15) is 0 Å². The second-order valence-corrected chi connectivity index (χ2v) is 5.25. The highest BCUT2D eigenvalue weighted by atomic mass is 32.1. The Kier molecular flexibility index (Phi) is 4.73. The number of nitrogens with two attached hydrogens (primary N) is 1. The highest BCUT2D eigenvalue weighted by Gasteiger charge is 2.12. The van der Waals surface area contributed by atoms with Crippen LogP contribution in [0, 0.1) is 0 Å². The van der Waals surface area contributed by atoms with Crippen molar-refractivity contribution in [2.24, 2.45) is 5.73 Å². The Morgan fingerprint density at radius 1 is 1.28 bits per heavy atom. The van der Waals surface area contributed by atoms with Crippen LogP contribution in [-0.4, -0.2) is 11.5 Å². The van der Waals surface area contributed by atoms with Gasteiger partial charge in [0.05, 0.1) is 0 Å². The molecule has 0 radical (unpaired) electrons. The molecule has 96 valence electrons. The van der Waals surface area contributed by atoms with Crippen molar-refractivity contribution >= 4 is 22.2 Å². The molecule has 0 spiro atoms. The van der Waals surface area contributed by atoms with Crippen molar-refractivity contribution in [3.8, 4) is 0 Å². The molecule has 0 saturated heterocycles. The molecular formula is C14H19N3S. The average Bonchev–Trinajstić information content (AvgIpc) is 2.89. The van der Waals surface area contributed by atoms with Gasteiger partial charge in [-0.25, -0.2) is 4.98 Å². The lowest BCUT2D eigenvalue weighted by Gasteiger charge is -2.21. The summed E-state index contributed by atoms with van der Waals surface area (Å²) < 4.78 is 0. The van der Waals surface area contributed by atoms with E-state index in [9.17, 15) is 0 Å². The van der Waals surface area contributed by atoms with Crippen LogP contribution in [0.3, 0.4) is 0 Å². The molecule has 4 heteroatoms. The largest absolute Gasteiger partial charge is 0.326 e. The van der Waals surface area contributed by atoms with Crippen LogP contribution >= 0.6 is 11.3 Å². The molecule has 18 heavy (non-hydrogen) atoms. The Morgan fingerprint density at radius 2 is 2.06 bits per heavy atom.